The minimum atomic E-state index is -3.97. The van der Waals surface area contributed by atoms with Crippen LogP contribution in [0.15, 0.2) is 87.5 Å². The monoisotopic (exact) mass is 1380 g/mol. The second-order valence-electron chi connectivity index (χ2n) is 27.9. The van der Waals surface area contributed by atoms with Gasteiger partial charge >= 0.3 is 18.3 Å². The third-order valence-electron chi connectivity index (χ3n) is 17.0. The van der Waals surface area contributed by atoms with Gasteiger partial charge in [-0.25, -0.2) is 22.8 Å². The number of nitrogens with one attached hydrogen (secondary N) is 3. The second kappa shape index (κ2) is 30.1. The maximum atomic E-state index is 12.4. The molecule has 0 radical (unpaired) electrons. The molecule has 6 saturated heterocycles. The van der Waals surface area contributed by atoms with E-state index in [9.17, 15) is 55.0 Å². The lowest BCUT2D eigenvalue weighted by molar-refractivity contribution is -0.213. The summed E-state index contributed by atoms with van der Waals surface area (Å²) in [7, 11) is -6.40. The van der Waals surface area contributed by atoms with Gasteiger partial charge in [0.05, 0.1) is 87.7 Å². The molecule has 12 rings (SSSR count). The molecule has 7 N–H and O–H groups in total. The highest BCUT2D eigenvalue weighted by atomic mass is 35.7. The molecule has 9 fully saturated rings. The number of fused-ring (bicyclic) bond motifs is 9. The first kappa shape index (κ1) is 78.0. The number of ether oxygens (including phenoxy) is 6. The van der Waals surface area contributed by atoms with Crippen molar-refractivity contribution in [2.75, 3.05) is 39.6 Å². The SMILES string of the molecule is C.CC(C)(C)OC(=O)NC12CCC(C(O)CO)(CC1)OC2.Cc1ccc(S(=O)(=O)Cl)cc1.Cc1ccc(S(=O)(=O)OCC(O)C23CCC(NC(=O)OC(C)(C)C)(CC2)CO3)cc1.Cc1ccc(S(=O)(=O)OCC(O)C23CCC(NC(=O)OC(C)(C)C)(CC2)CO3)cc1. The minimum absolute atomic E-state index is 0. The van der Waals surface area contributed by atoms with E-state index in [-0.39, 0.29) is 55.1 Å². The van der Waals surface area contributed by atoms with Gasteiger partial charge in [0.2, 0.25) is 0 Å². The zero-order chi connectivity index (χ0) is 67.9. The number of halogens is 1. The molecule has 3 amide bonds. The van der Waals surface area contributed by atoms with Gasteiger partial charge in [0.15, 0.2) is 0 Å². The van der Waals surface area contributed by atoms with Gasteiger partial charge in [-0.2, -0.15) is 16.8 Å². The summed E-state index contributed by atoms with van der Waals surface area (Å²) in [6.07, 6.45) is 2.59. The molecule has 6 bridgehead atoms. The van der Waals surface area contributed by atoms with E-state index in [1.54, 1.807) is 77.9 Å². The number of amides is 3. The van der Waals surface area contributed by atoms with Gasteiger partial charge in [0, 0.05) is 10.7 Å². The first-order chi connectivity index (χ1) is 41.9. The van der Waals surface area contributed by atoms with Crippen molar-refractivity contribution >= 4 is 58.2 Å². The minimum Gasteiger partial charge on any atom is -0.444 e. The summed E-state index contributed by atoms with van der Waals surface area (Å²) < 4.78 is 115. The highest BCUT2D eigenvalue weighted by Crippen LogP contribution is 2.48. The molecule has 92 heavy (non-hydrogen) atoms. The number of aryl methyl sites for hydroxylation is 3. The van der Waals surface area contributed by atoms with E-state index < -0.39 is 116 Å². The lowest BCUT2D eigenvalue weighted by Gasteiger charge is -2.54. The number of aliphatic hydroxyl groups is 4. The Balaban J connectivity index is 0.000000234. The molecule has 6 aliphatic heterocycles. The Morgan fingerprint density at radius 2 is 0.696 bits per heavy atom. The van der Waals surface area contributed by atoms with Crippen molar-refractivity contribution in [3.05, 3.63) is 89.5 Å². The van der Waals surface area contributed by atoms with Crippen molar-refractivity contribution in [1.82, 2.24) is 16.0 Å². The summed E-state index contributed by atoms with van der Waals surface area (Å²) in [5.41, 5.74) is -2.68. The van der Waals surface area contributed by atoms with Crippen molar-refractivity contribution in [2.24, 2.45) is 0 Å². The normalized spacial score (nSPS) is 26.8. The summed E-state index contributed by atoms with van der Waals surface area (Å²) in [5.74, 6) is 0. The predicted octanol–water partition coefficient (Wildman–Crippen LogP) is 8.84. The van der Waals surface area contributed by atoms with Gasteiger partial charge in [-0.3, -0.25) is 8.37 Å². The van der Waals surface area contributed by atoms with E-state index in [2.05, 4.69) is 16.0 Å². The Morgan fingerprint density at radius 3 is 0.902 bits per heavy atom. The molecule has 0 aromatic heterocycles. The van der Waals surface area contributed by atoms with Gasteiger partial charge in [-0.05, 0) is 197 Å². The summed E-state index contributed by atoms with van der Waals surface area (Å²) in [4.78, 5) is 36.5. The van der Waals surface area contributed by atoms with Gasteiger partial charge in [0.1, 0.15) is 35.1 Å². The largest absolute Gasteiger partial charge is 0.444 e. The Bertz CT molecular complexity index is 3090. The molecule has 6 heterocycles. The van der Waals surface area contributed by atoms with Crippen LogP contribution in [-0.4, -0.2) is 172 Å². The quantitative estimate of drug-likeness (QED) is 0.0400. The van der Waals surface area contributed by atoms with Crippen LogP contribution in [0.25, 0.3) is 0 Å². The standard InChI is InChI=1S/2C21H31NO7S.C14H25NO5.C7H7ClO2S.CH4/c2*1-15-5-7-16(8-6-15)30(25,26)28-13-17(23)21-11-9-20(10-12-21,14-27-21)22-18(24)29-19(2,3)4;1-12(2,3)20-11(18)15-13-4-6-14(7-5-13,19-9-13)10(17)8-16;1-6-2-4-7(5-3-6)11(8,9)10;/h2*5-8,17,23H,9-14H2,1-4H3,(H,22,24);10,16-17H,4-9H2,1-3H3,(H,15,18);2-5H,1H3;1H4. The van der Waals surface area contributed by atoms with E-state index in [1.807, 2.05) is 41.5 Å². The van der Waals surface area contributed by atoms with Gasteiger partial charge in [0.25, 0.3) is 29.3 Å². The smallest absolute Gasteiger partial charge is 0.408 e. The summed E-state index contributed by atoms with van der Waals surface area (Å²) in [6, 6.07) is 19.0. The highest BCUT2D eigenvalue weighted by Gasteiger charge is 2.57. The highest BCUT2D eigenvalue weighted by molar-refractivity contribution is 8.13. The number of benzene rings is 3. The second-order valence-corrected chi connectivity index (χ2v) is 33.7. The number of rotatable bonds is 16. The zero-order valence-corrected chi connectivity index (χ0v) is 57.4. The van der Waals surface area contributed by atoms with Crippen molar-refractivity contribution in [3.8, 4) is 0 Å². The van der Waals surface area contributed by atoms with Crippen LogP contribution in [0.1, 0.15) is 163 Å². The van der Waals surface area contributed by atoms with Crippen molar-refractivity contribution in [1.29, 1.82) is 0 Å². The van der Waals surface area contributed by atoms with E-state index in [0.717, 1.165) is 29.5 Å². The first-order valence-electron chi connectivity index (χ1n) is 30.4. The van der Waals surface area contributed by atoms with Gasteiger partial charge in [-0.1, -0.05) is 60.5 Å². The van der Waals surface area contributed by atoms with Crippen LogP contribution in [0.5, 0.6) is 0 Å². The lowest BCUT2D eigenvalue weighted by atomic mass is 9.69. The number of aliphatic hydroxyl groups excluding tert-OH is 4. The molecule has 3 unspecified atom stereocenters. The molecular weight excluding hydrogens is 1280 g/mol. The van der Waals surface area contributed by atoms with Crippen LogP contribution in [0.3, 0.4) is 0 Å². The topological polar surface area (TPSA) is 344 Å². The molecule has 9 aliphatic rings. The lowest BCUT2D eigenvalue weighted by Crippen LogP contribution is -2.66. The summed E-state index contributed by atoms with van der Waals surface area (Å²) >= 11 is 0. The fourth-order valence-corrected chi connectivity index (χ4v) is 14.1. The summed E-state index contributed by atoms with van der Waals surface area (Å²) in [6.45, 7) is 21.6. The third kappa shape index (κ3) is 21.4. The Labute approximate surface area is 548 Å². The molecule has 24 nitrogen and oxygen atoms in total. The fraction of sp³-hybridized carbons (Fsp3) is 0.672. The van der Waals surface area contributed by atoms with Crippen LogP contribution in [-0.2, 0) is 66.1 Å². The van der Waals surface area contributed by atoms with Crippen molar-refractivity contribution in [2.45, 2.75) is 251 Å². The Morgan fingerprint density at radius 1 is 0.457 bits per heavy atom. The van der Waals surface area contributed by atoms with Crippen LogP contribution in [0, 0.1) is 20.8 Å². The van der Waals surface area contributed by atoms with Crippen LogP contribution < -0.4 is 16.0 Å². The predicted molar refractivity (Wildman–Crippen MR) is 342 cm³/mol. The molecule has 520 valence electrons. The molecule has 3 aromatic carbocycles. The number of hydrogen-bond acceptors (Lipinski definition) is 21. The molecule has 0 spiro atoms. The Hall–Kier alpha value is -4.75. The first-order valence-corrected chi connectivity index (χ1v) is 35.6. The average Bonchev–Trinajstić information content (AvgIpc) is 0.767. The van der Waals surface area contributed by atoms with Gasteiger partial charge < -0.3 is 64.8 Å². The molecule has 3 aromatic rings. The number of alkyl carbamates (subject to hydrolysis) is 3. The molecule has 3 atom stereocenters. The third-order valence-corrected chi connectivity index (χ3v) is 21.0. The molecular formula is C64H98ClN3O21S3. The van der Waals surface area contributed by atoms with Crippen molar-refractivity contribution in [3.63, 3.8) is 0 Å². The van der Waals surface area contributed by atoms with E-state index >= 15 is 0 Å². The van der Waals surface area contributed by atoms with Gasteiger partial charge in [-0.15, -0.1) is 0 Å². The molecule has 3 aliphatic carbocycles. The van der Waals surface area contributed by atoms with Crippen LogP contribution in [0.2, 0.25) is 0 Å². The summed E-state index contributed by atoms with van der Waals surface area (Å²) in [5, 5.41) is 49.2. The van der Waals surface area contributed by atoms with Crippen LogP contribution >= 0.6 is 10.7 Å². The Kier molecular flexibility index (Phi) is 25.5. The number of carbonyl (C=O) groups is 3. The fourth-order valence-electron chi connectivity index (χ4n) is 11.5. The van der Waals surface area contributed by atoms with E-state index in [0.29, 0.717) is 70.8 Å². The maximum Gasteiger partial charge on any atom is 0.408 e. The van der Waals surface area contributed by atoms with Crippen LogP contribution in [0.4, 0.5) is 14.4 Å². The number of hydrogen-bond donors (Lipinski definition) is 7. The molecule has 28 heteroatoms. The van der Waals surface area contributed by atoms with E-state index in [4.69, 9.17) is 52.6 Å². The average molecular weight is 1380 g/mol. The van der Waals surface area contributed by atoms with E-state index in [1.165, 1.54) is 36.4 Å². The van der Waals surface area contributed by atoms with Crippen molar-refractivity contribution < 1.29 is 96.9 Å². The zero-order valence-electron chi connectivity index (χ0n) is 54.2. The number of carbonyl (C=O) groups excluding carboxylic acids is 3. The maximum absolute atomic E-state index is 12.4. The molecule has 3 saturated carbocycles.